The van der Waals surface area contributed by atoms with Crippen LogP contribution in [-0.4, -0.2) is 4.99 Å². The predicted molar refractivity (Wildman–Crippen MR) is 73.5 cm³/mol. The number of thiocarbonyl (C=S) groups is 1. The molecular weight excluding hydrogens is 268 g/mol. The van der Waals surface area contributed by atoms with Crippen LogP contribution in [0.4, 0.5) is 8.78 Å². The second-order valence-corrected chi connectivity index (χ2v) is 4.49. The van der Waals surface area contributed by atoms with Crippen LogP contribution in [0.15, 0.2) is 36.4 Å². The standard InChI is InChI=1S/C14H11F2NOS/c1-8-4-9(14(17)19)2-3-13(8)18-12-6-10(15)5-11(16)7-12/h2-7H,1H3,(H2,17,19). The lowest BCUT2D eigenvalue weighted by molar-refractivity contribution is 0.465. The lowest BCUT2D eigenvalue weighted by atomic mass is 10.1. The summed E-state index contributed by atoms with van der Waals surface area (Å²) in [7, 11) is 0. The molecule has 2 N–H and O–H groups in total. The van der Waals surface area contributed by atoms with Crippen molar-refractivity contribution in [2.75, 3.05) is 0 Å². The highest BCUT2D eigenvalue weighted by molar-refractivity contribution is 7.80. The molecule has 0 aliphatic rings. The van der Waals surface area contributed by atoms with Gasteiger partial charge in [0.25, 0.3) is 0 Å². The van der Waals surface area contributed by atoms with E-state index in [1.165, 1.54) is 0 Å². The van der Waals surface area contributed by atoms with Crippen molar-refractivity contribution in [3.05, 3.63) is 59.2 Å². The van der Waals surface area contributed by atoms with Gasteiger partial charge in [-0.3, -0.25) is 0 Å². The summed E-state index contributed by atoms with van der Waals surface area (Å²) in [6, 6.07) is 8.13. The van der Waals surface area contributed by atoms with Crippen molar-refractivity contribution in [3.63, 3.8) is 0 Å². The fourth-order valence-corrected chi connectivity index (χ4v) is 1.76. The molecule has 2 aromatic rings. The molecule has 0 amide bonds. The summed E-state index contributed by atoms with van der Waals surface area (Å²) in [5.41, 5.74) is 7.00. The van der Waals surface area contributed by atoms with Gasteiger partial charge in [0.1, 0.15) is 28.1 Å². The normalized spacial score (nSPS) is 10.3. The molecule has 0 bridgehead atoms. The Labute approximate surface area is 114 Å². The summed E-state index contributed by atoms with van der Waals surface area (Å²) in [6.45, 7) is 1.80. The number of nitrogens with two attached hydrogens (primary N) is 1. The minimum atomic E-state index is -0.688. The van der Waals surface area contributed by atoms with E-state index in [2.05, 4.69) is 0 Å². The van der Waals surface area contributed by atoms with Crippen molar-refractivity contribution in [2.45, 2.75) is 6.92 Å². The van der Waals surface area contributed by atoms with E-state index in [9.17, 15) is 8.78 Å². The molecule has 0 heterocycles. The van der Waals surface area contributed by atoms with Crippen molar-refractivity contribution in [3.8, 4) is 11.5 Å². The molecule has 0 fully saturated rings. The highest BCUT2D eigenvalue weighted by Crippen LogP contribution is 2.27. The van der Waals surface area contributed by atoms with Gasteiger partial charge >= 0.3 is 0 Å². The third-order valence-corrected chi connectivity index (χ3v) is 2.76. The molecule has 0 aliphatic heterocycles. The molecule has 2 rings (SSSR count). The summed E-state index contributed by atoms with van der Waals surface area (Å²) in [5, 5.41) is 0. The summed E-state index contributed by atoms with van der Waals surface area (Å²) >= 11 is 4.87. The smallest absolute Gasteiger partial charge is 0.133 e. The number of rotatable bonds is 3. The summed E-state index contributed by atoms with van der Waals surface area (Å²) in [4.78, 5) is 0.284. The molecule has 2 aromatic carbocycles. The van der Waals surface area contributed by atoms with Gasteiger partial charge in [-0.15, -0.1) is 0 Å². The van der Waals surface area contributed by atoms with E-state index in [0.29, 0.717) is 11.3 Å². The first-order valence-electron chi connectivity index (χ1n) is 5.50. The maximum atomic E-state index is 13.0. The second kappa shape index (κ2) is 5.32. The maximum Gasteiger partial charge on any atom is 0.133 e. The van der Waals surface area contributed by atoms with Crippen LogP contribution < -0.4 is 10.5 Å². The lowest BCUT2D eigenvalue weighted by Crippen LogP contribution is -2.09. The average molecular weight is 279 g/mol. The third-order valence-electron chi connectivity index (χ3n) is 2.52. The first kappa shape index (κ1) is 13.4. The molecule has 98 valence electrons. The second-order valence-electron chi connectivity index (χ2n) is 4.05. The van der Waals surface area contributed by atoms with E-state index in [-0.39, 0.29) is 10.7 Å². The highest BCUT2D eigenvalue weighted by Gasteiger charge is 2.06. The molecule has 0 unspecified atom stereocenters. The molecule has 0 radical (unpaired) electrons. The van der Waals surface area contributed by atoms with Gasteiger partial charge in [0, 0.05) is 23.8 Å². The monoisotopic (exact) mass is 279 g/mol. The van der Waals surface area contributed by atoms with Gasteiger partial charge in [-0.1, -0.05) is 12.2 Å². The molecule has 0 aromatic heterocycles. The molecule has 5 heteroatoms. The first-order valence-corrected chi connectivity index (χ1v) is 5.91. The zero-order valence-corrected chi connectivity index (χ0v) is 10.9. The molecule has 0 saturated heterocycles. The van der Waals surface area contributed by atoms with E-state index in [1.807, 2.05) is 0 Å². The van der Waals surface area contributed by atoms with Gasteiger partial charge in [-0.2, -0.15) is 0 Å². The van der Waals surface area contributed by atoms with Crippen molar-refractivity contribution >= 4 is 17.2 Å². The zero-order valence-electron chi connectivity index (χ0n) is 10.1. The zero-order chi connectivity index (χ0) is 14.0. The van der Waals surface area contributed by atoms with Crippen LogP contribution in [-0.2, 0) is 0 Å². The van der Waals surface area contributed by atoms with Gasteiger partial charge in [0.15, 0.2) is 0 Å². The molecule has 0 aliphatic carbocycles. The minimum absolute atomic E-state index is 0.101. The first-order chi connectivity index (χ1) is 8.95. The number of hydrogen-bond donors (Lipinski definition) is 1. The van der Waals surface area contributed by atoms with E-state index in [0.717, 1.165) is 23.8 Å². The molecular formula is C14H11F2NOS. The van der Waals surface area contributed by atoms with Crippen molar-refractivity contribution in [2.24, 2.45) is 5.73 Å². The van der Waals surface area contributed by atoms with Gasteiger partial charge in [0.2, 0.25) is 0 Å². The van der Waals surface area contributed by atoms with Gasteiger partial charge in [-0.05, 0) is 30.7 Å². The Hall–Kier alpha value is -2.01. The minimum Gasteiger partial charge on any atom is -0.457 e. The van der Waals surface area contributed by atoms with Gasteiger partial charge < -0.3 is 10.5 Å². The van der Waals surface area contributed by atoms with Gasteiger partial charge in [-0.25, -0.2) is 8.78 Å². The molecule has 0 spiro atoms. The predicted octanol–water partition coefficient (Wildman–Crippen LogP) is 3.70. The number of aryl methyl sites for hydroxylation is 1. The Bertz CT molecular complexity index is 623. The quantitative estimate of drug-likeness (QED) is 0.870. The number of benzene rings is 2. The lowest BCUT2D eigenvalue weighted by Gasteiger charge is -2.10. The van der Waals surface area contributed by atoms with Crippen LogP contribution in [0, 0.1) is 18.6 Å². The number of ether oxygens (including phenoxy) is 1. The van der Waals surface area contributed by atoms with Crippen molar-refractivity contribution in [1.29, 1.82) is 0 Å². The van der Waals surface area contributed by atoms with E-state index >= 15 is 0 Å². The fourth-order valence-electron chi connectivity index (χ4n) is 1.63. The Morgan fingerprint density at radius 2 is 1.74 bits per heavy atom. The largest absolute Gasteiger partial charge is 0.457 e. The maximum absolute atomic E-state index is 13.0. The van der Waals surface area contributed by atoms with Gasteiger partial charge in [0.05, 0.1) is 0 Å². The van der Waals surface area contributed by atoms with E-state index in [1.54, 1.807) is 25.1 Å². The van der Waals surface area contributed by atoms with Crippen LogP contribution in [0.25, 0.3) is 0 Å². The van der Waals surface area contributed by atoms with Crippen molar-refractivity contribution in [1.82, 2.24) is 0 Å². The van der Waals surface area contributed by atoms with Crippen LogP contribution in [0.2, 0.25) is 0 Å². The third kappa shape index (κ3) is 3.26. The molecule has 19 heavy (non-hydrogen) atoms. The van der Waals surface area contributed by atoms with Crippen molar-refractivity contribution < 1.29 is 13.5 Å². The molecule has 0 atom stereocenters. The number of hydrogen-bond acceptors (Lipinski definition) is 2. The topological polar surface area (TPSA) is 35.2 Å². The summed E-state index contributed by atoms with van der Waals surface area (Å²) in [6.07, 6.45) is 0. The number of halogens is 2. The average Bonchev–Trinajstić information content (AvgIpc) is 2.30. The molecule has 2 nitrogen and oxygen atoms in total. The van der Waals surface area contributed by atoms with E-state index in [4.69, 9.17) is 22.7 Å². The van der Waals surface area contributed by atoms with E-state index < -0.39 is 11.6 Å². The van der Waals surface area contributed by atoms with Crippen LogP contribution in [0.5, 0.6) is 11.5 Å². The summed E-state index contributed by atoms with van der Waals surface area (Å²) in [5.74, 6) is -0.784. The van der Waals surface area contributed by atoms with Crippen LogP contribution >= 0.6 is 12.2 Å². The Kier molecular flexibility index (Phi) is 3.76. The Balaban J connectivity index is 2.30. The Morgan fingerprint density at radius 3 is 2.26 bits per heavy atom. The highest BCUT2D eigenvalue weighted by atomic mass is 32.1. The molecule has 0 saturated carbocycles. The fraction of sp³-hybridized carbons (Fsp3) is 0.0714. The Morgan fingerprint density at radius 1 is 1.11 bits per heavy atom. The SMILES string of the molecule is Cc1cc(C(N)=S)ccc1Oc1cc(F)cc(F)c1. The summed E-state index contributed by atoms with van der Waals surface area (Å²) < 4.78 is 31.5. The van der Waals surface area contributed by atoms with Crippen LogP contribution in [0.3, 0.4) is 0 Å². The van der Waals surface area contributed by atoms with Crippen LogP contribution in [0.1, 0.15) is 11.1 Å².